The maximum atomic E-state index is 11.8. The fraction of sp³-hybridized carbons (Fsp3) is 0.231. The number of rotatable bonds is 2. The summed E-state index contributed by atoms with van der Waals surface area (Å²) in [6.45, 7) is 0.484. The SMILES string of the molecule is C#CC1CC(=O)N(c2ccc(Br)cc2C=O)C1. The number of carbonyl (C=O) groups is 2. The number of halogens is 1. The van der Waals surface area contributed by atoms with E-state index in [1.54, 1.807) is 23.1 Å². The van der Waals surface area contributed by atoms with Gasteiger partial charge in [-0.3, -0.25) is 9.59 Å². The molecule has 1 aliphatic heterocycles. The minimum atomic E-state index is -0.0642. The van der Waals surface area contributed by atoms with E-state index in [1.165, 1.54) is 0 Å². The third kappa shape index (κ3) is 2.25. The largest absolute Gasteiger partial charge is 0.310 e. The Morgan fingerprint density at radius 1 is 1.53 bits per heavy atom. The van der Waals surface area contributed by atoms with Crippen LogP contribution in [0.1, 0.15) is 16.8 Å². The van der Waals surface area contributed by atoms with Crippen LogP contribution in [-0.2, 0) is 4.79 Å². The lowest BCUT2D eigenvalue weighted by molar-refractivity contribution is -0.117. The van der Waals surface area contributed by atoms with Gasteiger partial charge in [0.2, 0.25) is 5.91 Å². The first-order valence-corrected chi connectivity index (χ1v) is 5.96. The lowest BCUT2D eigenvalue weighted by Crippen LogP contribution is -2.25. The van der Waals surface area contributed by atoms with Gasteiger partial charge in [0.05, 0.1) is 5.69 Å². The number of hydrogen-bond donors (Lipinski definition) is 0. The van der Waals surface area contributed by atoms with Crippen LogP contribution in [0.5, 0.6) is 0 Å². The summed E-state index contributed by atoms with van der Waals surface area (Å²) in [4.78, 5) is 24.4. The van der Waals surface area contributed by atoms with Crippen molar-refractivity contribution in [3.8, 4) is 12.3 Å². The molecule has 0 bridgehead atoms. The van der Waals surface area contributed by atoms with Crippen LogP contribution in [0.2, 0.25) is 0 Å². The first kappa shape index (κ1) is 11.9. The summed E-state index contributed by atoms with van der Waals surface area (Å²) in [5.41, 5.74) is 1.12. The topological polar surface area (TPSA) is 37.4 Å². The standard InChI is InChI=1S/C13H10BrNO2/c1-2-9-5-13(17)15(7-9)12-4-3-11(14)6-10(12)8-16/h1,3-4,6,8-9H,5,7H2. The van der Waals surface area contributed by atoms with E-state index in [1.807, 2.05) is 0 Å². The monoisotopic (exact) mass is 291 g/mol. The number of carbonyl (C=O) groups excluding carboxylic acids is 2. The fourth-order valence-corrected chi connectivity index (χ4v) is 2.30. The summed E-state index contributed by atoms with van der Waals surface area (Å²) in [5, 5.41) is 0. The second-order valence-corrected chi connectivity index (χ2v) is 4.81. The maximum absolute atomic E-state index is 11.8. The van der Waals surface area contributed by atoms with Gasteiger partial charge in [-0.1, -0.05) is 15.9 Å². The summed E-state index contributed by atoms with van der Waals surface area (Å²) in [6.07, 6.45) is 6.42. The Hall–Kier alpha value is -1.60. The highest BCUT2D eigenvalue weighted by Gasteiger charge is 2.30. The molecule has 0 radical (unpaired) electrons. The Morgan fingerprint density at radius 2 is 2.29 bits per heavy atom. The molecule has 4 heteroatoms. The molecule has 17 heavy (non-hydrogen) atoms. The molecular weight excluding hydrogens is 282 g/mol. The third-order valence-electron chi connectivity index (χ3n) is 2.77. The lowest BCUT2D eigenvalue weighted by Gasteiger charge is -2.18. The zero-order valence-electron chi connectivity index (χ0n) is 9.02. The molecule has 1 amide bonds. The van der Waals surface area contributed by atoms with E-state index in [9.17, 15) is 9.59 Å². The van der Waals surface area contributed by atoms with Crippen molar-refractivity contribution in [1.29, 1.82) is 0 Å². The van der Waals surface area contributed by atoms with Crippen LogP contribution in [0.3, 0.4) is 0 Å². The van der Waals surface area contributed by atoms with Crippen LogP contribution in [0.15, 0.2) is 22.7 Å². The van der Waals surface area contributed by atoms with E-state index in [-0.39, 0.29) is 11.8 Å². The summed E-state index contributed by atoms with van der Waals surface area (Å²) >= 11 is 3.29. The van der Waals surface area contributed by atoms with Gasteiger partial charge >= 0.3 is 0 Å². The quantitative estimate of drug-likeness (QED) is 0.619. The van der Waals surface area contributed by atoms with E-state index in [2.05, 4.69) is 21.9 Å². The number of aldehydes is 1. The maximum Gasteiger partial charge on any atom is 0.228 e. The van der Waals surface area contributed by atoms with Gasteiger partial charge in [0.1, 0.15) is 0 Å². The summed E-state index contributed by atoms with van der Waals surface area (Å²) in [5.74, 6) is 2.49. The predicted molar refractivity (Wildman–Crippen MR) is 68.8 cm³/mol. The number of amides is 1. The molecule has 0 aromatic heterocycles. The molecule has 2 rings (SSSR count). The van der Waals surface area contributed by atoms with Gasteiger partial charge in [-0.2, -0.15) is 0 Å². The van der Waals surface area contributed by atoms with Crippen LogP contribution in [-0.4, -0.2) is 18.7 Å². The van der Waals surface area contributed by atoms with Crippen molar-refractivity contribution < 1.29 is 9.59 Å². The normalized spacial score (nSPS) is 19.2. The van der Waals surface area contributed by atoms with Crippen molar-refractivity contribution in [2.75, 3.05) is 11.4 Å². The Morgan fingerprint density at radius 3 is 2.88 bits per heavy atom. The molecule has 1 saturated heterocycles. The van der Waals surface area contributed by atoms with Crippen molar-refractivity contribution in [2.45, 2.75) is 6.42 Å². The van der Waals surface area contributed by atoms with Crippen LogP contribution in [0.4, 0.5) is 5.69 Å². The van der Waals surface area contributed by atoms with Gasteiger partial charge in [-0.25, -0.2) is 0 Å². The molecule has 0 saturated carbocycles. The number of anilines is 1. The molecule has 0 aliphatic carbocycles. The van der Waals surface area contributed by atoms with Gasteiger partial charge in [0, 0.05) is 28.9 Å². The summed E-state index contributed by atoms with van der Waals surface area (Å²) in [7, 11) is 0. The molecule has 1 aliphatic rings. The molecule has 1 unspecified atom stereocenters. The zero-order valence-corrected chi connectivity index (χ0v) is 10.6. The summed E-state index contributed by atoms with van der Waals surface area (Å²) < 4.78 is 0.809. The third-order valence-corrected chi connectivity index (χ3v) is 3.26. The van der Waals surface area contributed by atoms with Crippen molar-refractivity contribution in [3.05, 3.63) is 28.2 Å². The van der Waals surface area contributed by atoms with Crippen molar-refractivity contribution in [3.63, 3.8) is 0 Å². The fourth-order valence-electron chi connectivity index (χ4n) is 1.92. The minimum absolute atomic E-state index is 0.0293. The molecule has 1 aromatic rings. The molecule has 0 spiro atoms. The van der Waals surface area contributed by atoms with E-state index in [0.717, 1.165) is 10.8 Å². The highest BCUT2D eigenvalue weighted by molar-refractivity contribution is 9.10. The van der Waals surface area contributed by atoms with Gasteiger partial charge < -0.3 is 4.90 Å². The molecule has 86 valence electrons. The van der Waals surface area contributed by atoms with Crippen LogP contribution in [0, 0.1) is 18.3 Å². The second kappa shape index (κ2) is 4.72. The van der Waals surface area contributed by atoms with E-state index < -0.39 is 0 Å². The van der Waals surface area contributed by atoms with Gasteiger partial charge in [0.15, 0.2) is 6.29 Å². The van der Waals surface area contributed by atoms with Gasteiger partial charge in [0.25, 0.3) is 0 Å². The van der Waals surface area contributed by atoms with Crippen LogP contribution >= 0.6 is 15.9 Å². The van der Waals surface area contributed by atoms with Gasteiger partial charge in [-0.15, -0.1) is 12.3 Å². The van der Waals surface area contributed by atoms with E-state index >= 15 is 0 Å². The smallest absolute Gasteiger partial charge is 0.228 e. The highest BCUT2D eigenvalue weighted by Crippen LogP contribution is 2.29. The number of hydrogen-bond acceptors (Lipinski definition) is 2. The highest BCUT2D eigenvalue weighted by atomic mass is 79.9. The van der Waals surface area contributed by atoms with Crippen LogP contribution < -0.4 is 4.90 Å². The molecule has 3 nitrogen and oxygen atoms in total. The Labute approximate surface area is 108 Å². The minimum Gasteiger partial charge on any atom is -0.310 e. The molecule has 0 N–H and O–H groups in total. The first-order valence-electron chi connectivity index (χ1n) is 5.17. The lowest BCUT2D eigenvalue weighted by atomic mass is 10.1. The van der Waals surface area contributed by atoms with Gasteiger partial charge in [-0.05, 0) is 18.2 Å². The van der Waals surface area contributed by atoms with E-state index in [4.69, 9.17) is 6.42 Å². The van der Waals surface area contributed by atoms with E-state index in [0.29, 0.717) is 24.2 Å². The molecule has 1 atom stereocenters. The average molecular weight is 292 g/mol. The second-order valence-electron chi connectivity index (χ2n) is 3.89. The Balaban J connectivity index is 2.38. The molecular formula is C13H10BrNO2. The first-order chi connectivity index (χ1) is 8.15. The Bertz CT molecular complexity index is 519. The average Bonchev–Trinajstić information content (AvgIpc) is 2.70. The van der Waals surface area contributed by atoms with Crippen molar-refractivity contribution >= 4 is 33.8 Å². The molecule has 1 aromatic carbocycles. The van der Waals surface area contributed by atoms with Crippen LogP contribution in [0.25, 0.3) is 0 Å². The van der Waals surface area contributed by atoms with Crippen molar-refractivity contribution in [1.82, 2.24) is 0 Å². The number of benzene rings is 1. The molecule has 1 heterocycles. The summed E-state index contributed by atoms with van der Waals surface area (Å²) in [6, 6.07) is 5.25. The zero-order chi connectivity index (χ0) is 12.4. The predicted octanol–water partition coefficient (Wildman–Crippen LogP) is 2.25. The molecule has 1 fully saturated rings. The van der Waals surface area contributed by atoms with Crippen molar-refractivity contribution in [2.24, 2.45) is 5.92 Å². The number of nitrogens with zero attached hydrogens (tertiary/aromatic N) is 1. The number of terminal acetylenes is 1. The Kier molecular flexibility index (Phi) is 3.30.